The summed E-state index contributed by atoms with van der Waals surface area (Å²) >= 11 is 1.75. The van der Waals surface area contributed by atoms with Gasteiger partial charge < -0.3 is 15.0 Å². The number of aryl methyl sites for hydroxylation is 2. The number of hydrogen-bond donors (Lipinski definition) is 1. The summed E-state index contributed by atoms with van der Waals surface area (Å²) in [6, 6.07) is 14.3. The van der Waals surface area contributed by atoms with Gasteiger partial charge in [0.05, 0.1) is 4.91 Å². The molecule has 2 amide bonds. The second kappa shape index (κ2) is 12.6. The van der Waals surface area contributed by atoms with E-state index in [1.165, 1.54) is 29.5 Å². The van der Waals surface area contributed by atoms with Crippen molar-refractivity contribution in [2.75, 3.05) is 19.8 Å². The molecule has 0 spiro atoms. The van der Waals surface area contributed by atoms with Crippen molar-refractivity contribution in [3.8, 4) is 0 Å². The second-order valence-corrected chi connectivity index (χ2v) is 11.1. The Kier molecular flexibility index (Phi) is 9.27. The number of benzene rings is 2. The van der Waals surface area contributed by atoms with E-state index in [0.717, 1.165) is 29.7 Å². The van der Waals surface area contributed by atoms with Crippen LogP contribution < -0.4 is 5.32 Å². The van der Waals surface area contributed by atoms with Crippen LogP contribution in [0.1, 0.15) is 71.6 Å². The van der Waals surface area contributed by atoms with Gasteiger partial charge in [-0.15, -0.1) is 11.8 Å². The Morgan fingerprint density at radius 3 is 2.69 bits per heavy atom. The van der Waals surface area contributed by atoms with Crippen LogP contribution in [0.2, 0.25) is 0 Å². The summed E-state index contributed by atoms with van der Waals surface area (Å²) in [6.45, 7) is 8.79. The SMILES string of the molecule is CCOCCCNC(=O)c1ccc(/C=C2/SC3CCCCC3N(Cc3cc(C)ccc3C)C2=O)cc1. The second-order valence-electron chi connectivity index (χ2n) is 9.81. The maximum Gasteiger partial charge on any atom is 0.260 e. The highest BCUT2D eigenvalue weighted by Gasteiger charge is 2.40. The predicted octanol–water partition coefficient (Wildman–Crippen LogP) is 5.89. The Morgan fingerprint density at radius 2 is 1.92 bits per heavy atom. The standard InChI is InChI=1S/C30H38N2O3S/c1-4-35-17-7-16-31-29(33)24-14-12-23(13-15-24)19-28-30(34)32(26-8-5-6-9-27(26)36-28)20-25-18-21(2)10-11-22(25)3/h10-15,18-19,26-27H,4-9,16-17,20H2,1-3H3,(H,31,33)/b28-19+. The molecule has 2 atom stereocenters. The summed E-state index contributed by atoms with van der Waals surface area (Å²) in [5.41, 5.74) is 5.26. The summed E-state index contributed by atoms with van der Waals surface area (Å²) in [4.78, 5) is 29.1. The lowest BCUT2D eigenvalue weighted by Crippen LogP contribution is -2.50. The number of ether oxygens (including phenoxy) is 1. The first-order chi connectivity index (χ1) is 17.5. The largest absolute Gasteiger partial charge is 0.382 e. The number of thioether (sulfide) groups is 1. The molecule has 2 aliphatic rings. The van der Waals surface area contributed by atoms with E-state index < -0.39 is 0 Å². The van der Waals surface area contributed by atoms with E-state index in [0.29, 0.717) is 43.2 Å². The van der Waals surface area contributed by atoms with Crippen LogP contribution in [0, 0.1) is 13.8 Å². The predicted molar refractivity (Wildman–Crippen MR) is 148 cm³/mol. The van der Waals surface area contributed by atoms with Crippen LogP contribution in [-0.4, -0.2) is 47.8 Å². The van der Waals surface area contributed by atoms with E-state index >= 15 is 0 Å². The number of nitrogens with zero attached hydrogens (tertiary/aromatic N) is 1. The van der Waals surface area contributed by atoms with Crippen LogP contribution in [0.25, 0.3) is 6.08 Å². The molecule has 0 bridgehead atoms. The van der Waals surface area contributed by atoms with Gasteiger partial charge in [-0.1, -0.05) is 48.7 Å². The lowest BCUT2D eigenvalue weighted by atomic mass is 9.92. The fourth-order valence-corrected chi connectivity index (χ4v) is 6.49. The van der Waals surface area contributed by atoms with Crippen LogP contribution in [0.4, 0.5) is 0 Å². The lowest BCUT2D eigenvalue weighted by Gasteiger charge is -2.44. The summed E-state index contributed by atoms with van der Waals surface area (Å²) in [7, 11) is 0. The van der Waals surface area contributed by atoms with Gasteiger partial charge in [-0.25, -0.2) is 0 Å². The van der Waals surface area contributed by atoms with Crippen molar-refractivity contribution < 1.29 is 14.3 Å². The summed E-state index contributed by atoms with van der Waals surface area (Å²) < 4.78 is 5.31. The molecule has 0 radical (unpaired) electrons. The lowest BCUT2D eigenvalue weighted by molar-refractivity contribution is -0.130. The number of hydrogen-bond acceptors (Lipinski definition) is 4. The van der Waals surface area contributed by atoms with Gasteiger partial charge in [-0.05, 0) is 74.9 Å². The van der Waals surface area contributed by atoms with Crippen molar-refractivity contribution in [1.29, 1.82) is 0 Å². The summed E-state index contributed by atoms with van der Waals surface area (Å²) in [6.07, 6.45) is 7.43. The molecule has 36 heavy (non-hydrogen) atoms. The van der Waals surface area contributed by atoms with Crippen molar-refractivity contribution in [2.24, 2.45) is 0 Å². The first-order valence-electron chi connectivity index (χ1n) is 13.2. The van der Waals surface area contributed by atoms with Crippen molar-refractivity contribution in [1.82, 2.24) is 10.2 Å². The molecule has 2 fully saturated rings. The highest BCUT2D eigenvalue weighted by Crippen LogP contribution is 2.43. The van der Waals surface area contributed by atoms with Crippen LogP contribution in [0.5, 0.6) is 0 Å². The maximum absolute atomic E-state index is 13.7. The molecular weight excluding hydrogens is 468 g/mol. The number of carbonyl (C=O) groups excluding carboxylic acids is 2. The molecule has 1 aliphatic heterocycles. The Bertz CT molecular complexity index is 1100. The molecule has 192 valence electrons. The topological polar surface area (TPSA) is 58.6 Å². The number of carbonyl (C=O) groups is 2. The van der Waals surface area contributed by atoms with Gasteiger partial charge in [0.2, 0.25) is 0 Å². The van der Waals surface area contributed by atoms with Crippen molar-refractivity contribution >= 4 is 29.7 Å². The maximum atomic E-state index is 13.7. The Hall–Kier alpha value is -2.57. The van der Waals surface area contributed by atoms with Crippen molar-refractivity contribution in [3.63, 3.8) is 0 Å². The van der Waals surface area contributed by atoms with Gasteiger partial charge in [0, 0.05) is 43.2 Å². The minimum Gasteiger partial charge on any atom is -0.382 e. The van der Waals surface area contributed by atoms with E-state index in [4.69, 9.17) is 4.74 Å². The Balaban J connectivity index is 1.48. The highest BCUT2D eigenvalue weighted by molar-refractivity contribution is 8.04. The minimum atomic E-state index is -0.0847. The first kappa shape index (κ1) is 26.5. The average Bonchev–Trinajstić information content (AvgIpc) is 2.88. The molecular formula is C30H38N2O3S. The van der Waals surface area contributed by atoms with Crippen LogP contribution in [0.15, 0.2) is 47.4 Å². The molecule has 2 aromatic rings. The van der Waals surface area contributed by atoms with Gasteiger partial charge in [0.25, 0.3) is 11.8 Å². The molecule has 1 N–H and O–H groups in total. The van der Waals surface area contributed by atoms with Gasteiger partial charge in [-0.2, -0.15) is 0 Å². The third kappa shape index (κ3) is 6.60. The van der Waals surface area contributed by atoms with E-state index in [1.807, 2.05) is 37.3 Å². The van der Waals surface area contributed by atoms with Crippen LogP contribution in [0.3, 0.4) is 0 Å². The van der Waals surface area contributed by atoms with Gasteiger partial charge >= 0.3 is 0 Å². The highest BCUT2D eigenvalue weighted by atomic mass is 32.2. The molecule has 4 rings (SSSR count). The number of nitrogens with one attached hydrogen (secondary N) is 1. The zero-order valence-corrected chi connectivity index (χ0v) is 22.5. The minimum absolute atomic E-state index is 0.0847. The molecule has 0 aromatic heterocycles. The van der Waals surface area contributed by atoms with E-state index in [-0.39, 0.29) is 11.8 Å². The molecule has 1 saturated carbocycles. The quantitative estimate of drug-likeness (QED) is 0.340. The van der Waals surface area contributed by atoms with Crippen LogP contribution in [-0.2, 0) is 16.1 Å². The average molecular weight is 507 g/mol. The smallest absolute Gasteiger partial charge is 0.260 e. The molecule has 5 nitrogen and oxygen atoms in total. The third-order valence-electron chi connectivity index (χ3n) is 7.09. The normalized spacial score (nSPS) is 20.9. The molecule has 1 heterocycles. The number of rotatable bonds is 9. The third-order valence-corrected chi connectivity index (χ3v) is 8.49. The number of amides is 2. The molecule has 1 saturated heterocycles. The molecule has 1 aliphatic carbocycles. The zero-order valence-electron chi connectivity index (χ0n) is 21.7. The Labute approximate surface area is 219 Å². The zero-order chi connectivity index (χ0) is 25.5. The van der Waals surface area contributed by atoms with Crippen molar-refractivity contribution in [2.45, 2.75) is 70.7 Å². The monoisotopic (exact) mass is 506 g/mol. The van der Waals surface area contributed by atoms with E-state index in [2.05, 4.69) is 42.3 Å². The van der Waals surface area contributed by atoms with Gasteiger partial charge in [-0.3, -0.25) is 9.59 Å². The van der Waals surface area contributed by atoms with Gasteiger partial charge in [0.15, 0.2) is 0 Å². The first-order valence-corrected chi connectivity index (χ1v) is 14.1. The summed E-state index contributed by atoms with van der Waals surface area (Å²) in [5, 5.41) is 3.37. The Morgan fingerprint density at radius 1 is 1.14 bits per heavy atom. The fourth-order valence-electron chi connectivity index (χ4n) is 5.02. The van der Waals surface area contributed by atoms with E-state index in [1.54, 1.807) is 11.8 Å². The number of fused-ring (bicyclic) bond motifs is 1. The molecule has 2 unspecified atom stereocenters. The van der Waals surface area contributed by atoms with Gasteiger partial charge in [0.1, 0.15) is 0 Å². The van der Waals surface area contributed by atoms with E-state index in [9.17, 15) is 9.59 Å². The molecule has 6 heteroatoms. The van der Waals surface area contributed by atoms with Crippen molar-refractivity contribution in [3.05, 3.63) is 75.2 Å². The molecule has 2 aromatic carbocycles. The summed E-state index contributed by atoms with van der Waals surface area (Å²) in [5.74, 6) is 0.0405. The fraction of sp³-hybridized carbons (Fsp3) is 0.467. The van der Waals surface area contributed by atoms with Crippen LogP contribution >= 0.6 is 11.8 Å².